The Bertz CT molecular complexity index is 1450. The fourth-order valence-electron chi connectivity index (χ4n) is 4.01. The van der Waals surface area contributed by atoms with Crippen molar-refractivity contribution in [2.75, 3.05) is 62.3 Å². The number of ether oxygens (including phenoxy) is 4. The Kier molecular flexibility index (Phi) is 10.9. The smallest absolute Gasteiger partial charge is 0.251 e. The van der Waals surface area contributed by atoms with E-state index in [1.54, 1.807) is 24.5 Å². The topological polar surface area (TPSA) is 154 Å². The third-order valence-corrected chi connectivity index (χ3v) is 6.19. The van der Waals surface area contributed by atoms with Crippen molar-refractivity contribution in [1.29, 1.82) is 0 Å². The Morgan fingerprint density at radius 3 is 2.09 bits per heavy atom. The number of hydrogen-bond donors (Lipinski definition) is 4. The molecule has 1 aliphatic heterocycles. The summed E-state index contributed by atoms with van der Waals surface area (Å²) in [5.74, 6) is 2.59. The van der Waals surface area contributed by atoms with Crippen LogP contribution < -0.4 is 30.7 Å². The maximum Gasteiger partial charge on any atom is 0.251 e. The van der Waals surface area contributed by atoms with Crippen LogP contribution in [0.15, 0.2) is 73.1 Å². The van der Waals surface area contributed by atoms with Crippen molar-refractivity contribution in [3.8, 4) is 11.5 Å². The lowest BCUT2D eigenvalue weighted by atomic mass is 10.2. The molecular weight excluding hydrogens is 552 g/mol. The summed E-state index contributed by atoms with van der Waals surface area (Å²) in [6, 6.07) is 18.7. The van der Waals surface area contributed by atoms with Gasteiger partial charge in [-0.2, -0.15) is 15.0 Å². The molecule has 0 aliphatic carbocycles. The van der Waals surface area contributed by atoms with Gasteiger partial charge in [-0.1, -0.05) is 24.3 Å². The number of rotatable bonds is 17. The number of nitrogens with one attached hydrogen (secondary N) is 4. The number of pyridine rings is 1. The van der Waals surface area contributed by atoms with Crippen molar-refractivity contribution < 1.29 is 23.7 Å². The molecule has 0 atom stereocenters. The van der Waals surface area contributed by atoms with E-state index in [1.165, 1.54) is 0 Å². The molecule has 3 heterocycles. The third kappa shape index (κ3) is 9.51. The summed E-state index contributed by atoms with van der Waals surface area (Å²) in [4.78, 5) is 29.6. The van der Waals surface area contributed by atoms with Crippen LogP contribution in [-0.2, 0) is 22.6 Å². The number of hydrogen-bond acceptors (Lipinski definition) is 12. The molecule has 0 unspecified atom stereocenters. The summed E-state index contributed by atoms with van der Waals surface area (Å²) in [6.07, 6.45) is 3.48. The maximum atomic E-state index is 12.0. The number of fused-ring (bicyclic) bond motifs is 1. The van der Waals surface area contributed by atoms with E-state index < -0.39 is 0 Å². The highest BCUT2D eigenvalue weighted by atomic mass is 16.7. The van der Waals surface area contributed by atoms with Crippen molar-refractivity contribution in [3.63, 3.8) is 0 Å². The minimum absolute atomic E-state index is 0.119. The van der Waals surface area contributed by atoms with E-state index in [0.29, 0.717) is 76.0 Å². The van der Waals surface area contributed by atoms with E-state index in [2.05, 4.69) is 41.2 Å². The number of benzene rings is 2. The molecule has 4 aromatic rings. The standard InChI is InChI=1S/C30H34N8O5/c39-27(24-4-2-1-3-5-24)32-12-14-40-16-17-41-15-13-33-28-36-29(34-19-22-8-10-31-11-9-22)38-30(37-28)35-20-23-6-7-25-26(18-23)43-21-42-25/h1-11,18H,12-17,19-21H2,(H,32,39)(H3,33,34,35,36,37,38). The molecule has 5 rings (SSSR count). The molecule has 4 N–H and O–H groups in total. The van der Waals surface area contributed by atoms with Gasteiger partial charge in [-0.15, -0.1) is 0 Å². The zero-order valence-electron chi connectivity index (χ0n) is 23.6. The number of anilines is 3. The quantitative estimate of drug-likeness (QED) is 0.134. The minimum atomic E-state index is -0.119. The Labute approximate surface area is 249 Å². The summed E-state index contributed by atoms with van der Waals surface area (Å²) in [7, 11) is 0. The molecule has 1 aliphatic rings. The molecule has 43 heavy (non-hydrogen) atoms. The number of nitrogens with zero attached hydrogens (tertiary/aromatic N) is 4. The van der Waals surface area contributed by atoms with Gasteiger partial charge in [-0.25, -0.2) is 0 Å². The Morgan fingerprint density at radius 1 is 0.698 bits per heavy atom. The molecule has 1 amide bonds. The first-order valence-electron chi connectivity index (χ1n) is 14.0. The lowest BCUT2D eigenvalue weighted by Crippen LogP contribution is -2.27. The van der Waals surface area contributed by atoms with Crippen molar-refractivity contribution in [3.05, 3.63) is 89.7 Å². The SMILES string of the molecule is O=C(NCCOCCOCCNc1nc(NCc2ccncc2)nc(NCc2ccc3c(c2)OCO3)n1)c1ccccc1. The second-order valence-corrected chi connectivity index (χ2v) is 9.33. The number of aromatic nitrogens is 4. The summed E-state index contributed by atoms with van der Waals surface area (Å²) >= 11 is 0. The predicted molar refractivity (Wildman–Crippen MR) is 160 cm³/mol. The van der Waals surface area contributed by atoms with Gasteiger partial charge in [0.1, 0.15) is 0 Å². The van der Waals surface area contributed by atoms with Crippen LogP contribution in [0, 0.1) is 0 Å². The Hall–Kier alpha value is -5.01. The summed E-state index contributed by atoms with van der Waals surface area (Å²) in [5, 5.41) is 12.5. The number of carbonyl (C=O) groups is 1. The van der Waals surface area contributed by atoms with Crippen LogP contribution in [0.2, 0.25) is 0 Å². The molecule has 0 bridgehead atoms. The highest BCUT2D eigenvalue weighted by Crippen LogP contribution is 2.32. The van der Waals surface area contributed by atoms with Crippen LogP contribution in [0.3, 0.4) is 0 Å². The first kappa shape index (κ1) is 29.5. The van der Waals surface area contributed by atoms with Gasteiger partial charge in [0.25, 0.3) is 5.91 Å². The molecule has 2 aromatic carbocycles. The molecule has 0 fully saturated rings. The number of carbonyl (C=O) groups excluding carboxylic acids is 1. The number of amides is 1. The van der Waals surface area contributed by atoms with E-state index in [0.717, 1.165) is 22.6 Å². The Balaban J connectivity index is 1.04. The fraction of sp³-hybridized carbons (Fsp3) is 0.300. The van der Waals surface area contributed by atoms with Gasteiger partial charge in [0.2, 0.25) is 24.6 Å². The van der Waals surface area contributed by atoms with Gasteiger partial charge < -0.3 is 40.2 Å². The average molecular weight is 587 g/mol. The van der Waals surface area contributed by atoms with Gasteiger partial charge in [-0.05, 0) is 47.5 Å². The highest BCUT2D eigenvalue weighted by Gasteiger charge is 2.14. The zero-order chi connectivity index (χ0) is 29.5. The Morgan fingerprint density at radius 2 is 1.35 bits per heavy atom. The van der Waals surface area contributed by atoms with Crippen molar-refractivity contribution in [2.45, 2.75) is 13.1 Å². The summed E-state index contributed by atoms with van der Waals surface area (Å²) in [6.45, 7) is 3.85. The lowest BCUT2D eigenvalue weighted by molar-refractivity contribution is 0.0519. The largest absolute Gasteiger partial charge is 0.454 e. The second kappa shape index (κ2) is 15.8. The molecule has 0 spiro atoms. The molecule has 13 nitrogen and oxygen atoms in total. The normalized spacial score (nSPS) is 11.6. The van der Waals surface area contributed by atoms with Gasteiger partial charge in [0.15, 0.2) is 11.5 Å². The lowest BCUT2D eigenvalue weighted by Gasteiger charge is -2.12. The third-order valence-electron chi connectivity index (χ3n) is 6.19. The van der Waals surface area contributed by atoms with Crippen LogP contribution in [0.5, 0.6) is 11.5 Å². The molecule has 0 radical (unpaired) electrons. The van der Waals surface area contributed by atoms with Crippen molar-refractivity contribution in [2.24, 2.45) is 0 Å². The monoisotopic (exact) mass is 586 g/mol. The molecule has 0 saturated heterocycles. The van der Waals surface area contributed by atoms with Gasteiger partial charge >= 0.3 is 0 Å². The first-order chi connectivity index (χ1) is 21.2. The van der Waals surface area contributed by atoms with Crippen LogP contribution in [0.1, 0.15) is 21.5 Å². The van der Waals surface area contributed by atoms with Crippen LogP contribution in [-0.4, -0.2) is 72.2 Å². The second-order valence-electron chi connectivity index (χ2n) is 9.33. The fourth-order valence-corrected chi connectivity index (χ4v) is 4.01. The van der Waals surface area contributed by atoms with E-state index in [4.69, 9.17) is 18.9 Å². The molecule has 13 heteroatoms. The van der Waals surface area contributed by atoms with Crippen LogP contribution in [0.25, 0.3) is 0 Å². The maximum absolute atomic E-state index is 12.0. The van der Waals surface area contributed by atoms with E-state index in [-0.39, 0.29) is 12.7 Å². The predicted octanol–water partition coefficient (Wildman–Crippen LogP) is 3.09. The molecule has 224 valence electrons. The van der Waals surface area contributed by atoms with Crippen molar-refractivity contribution >= 4 is 23.8 Å². The van der Waals surface area contributed by atoms with E-state index >= 15 is 0 Å². The van der Waals surface area contributed by atoms with Crippen molar-refractivity contribution in [1.82, 2.24) is 25.3 Å². The van der Waals surface area contributed by atoms with Crippen LogP contribution >= 0.6 is 0 Å². The zero-order valence-corrected chi connectivity index (χ0v) is 23.6. The summed E-state index contributed by atoms with van der Waals surface area (Å²) < 4.78 is 22.1. The molecule has 0 saturated carbocycles. The van der Waals surface area contributed by atoms with E-state index in [1.807, 2.05) is 48.5 Å². The summed E-state index contributed by atoms with van der Waals surface area (Å²) in [5.41, 5.74) is 2.68. The van der Waals surface area contributed by atoms with Gasteiger partial charge in [-0.3, -0.25) is 9.78 Å². The van der Waals surface area contributed by atoms with Gasteiger partial charge in [0.05, 0.1) is 26.4 Å². The average Bonchev–Trinajstić information content (AvgIpc) is 3.52. The minimum Gasteiger partial charge on any atom is -0.454 e. The van der Waals surface area contributed by atoms with Crippen LogP contribution in [0.4, 0.5) is 17.8 Å². The first-order valence-corrected chi connectivity index (χ1v) is 14.0. The molecular formula is C30H34N8O5. The molecule has 2 aromatic heterocycles. The highest BCUT2D eigenvalue weighted by molar-refractivity contribution is 5.94. The van der Waals surface area contributed by atoms with E-state index in [9.17, 15) is 4.79 Å². The van der Waals surface area contributed by atoms with Gasteiger partial charge in [0, 0.05) is 44.1 Å².